The van der Waals surface area contributed by atoms with Gasteiger partial charge in [0.1, 0.15) is 17.1 Å². The summed E-state index contributed by atoms with van der Waals surface area (Å²) in [6.45, 7) is 6.50. The Morgan fingerprint density at radius 2 is 2.04 bits per heavy atom. The molecule has 0 aliphatic rings. The first-order chi connectivity index (χ1) is 11.3. The zero-order valence-corrected chi connectivity index (χ0v) is 14.7. The van der Waals surface area contributed by atoms with Crippen molar-refractivity contribution in [2.45, 2.75) is 20.8 Å². The molecule has 0 atom stereocenters. The fourth-order valence-corrected chi connectivity index (χ4v) is 2.25. The minimum absolute atomic E-state index is 0.653. The maximum Gasteiger partial charge on any atom is 0.159 e. The molecular weight excluding hydrogens is 310 g/mol. The van der Waals surface area contributed by atoms with Gasteiger partial charge in [0.2, 0.25) is 0 Å². The molecule has 2 heterocycles. The molecule has 7 heteroatoms. The molecule has 1 aromatic carbocycles. The number of aromatic nitrogens is 5. The van der Waals surface area contributed by atoms with Crippen molar-refractivity contribution in [3.8, 4) is 11.6 Å². The molecular formula is C16H21N5OS. The van der Waals surface area contributed by atoms with E-state index >= 15 is 0 Å². The lowest BCUT2D eigenvalue weighted by Gasteiger charge is -2.05. The molecule has 3 aromatic rings. The van der Waals surface area contributed by atoms with Gasteiger partial charge in [0.25, 0.3) is 0 Å². The first kappa shape index (κ1) is 17.2. The summed E-state index contributed by atoms with van der Waals surface area (Å²) in [7, 11) is 0. The van der Waals surface area contributed by atoms with E-state index in [0.717, 1.165) is 22.5 Å². The molecule has 0 saturated heterocycles. The van der Waals surface area contributed by atoms with Crippen LogP contribution in [0.25, 0.3) is 16.9 Å². The fraction of sp³-hybridized carbons (Fsp3) is 0.375. The molecule has 0 N–H and O–H groups in total. The minimum atomic E-state index is 0.653. The molecule has 23 heavy (non-hydrogen) atoms. The van der Waals surface area contributed by atoms with E-state index in [4.69, 9.17) is 4.74 Å². The van der Waals surface area contributed by atoms with E-state index in [2.05, 4.69) is 26.5 Å². The Kier molecular flexibility index (Phi) is 6.34. The smallest absolute Gasteiger partial charge is 0.159 e. The molecule has 0 unspecified atom stereocenters. The van der Waals surface area contributed by atoms with Crippen LogP contribution < -0.4 is 4.74 Å². The first-order valence-electron chi connectivity index (χ1n) is 7.56. The first-order valence-corrected chi connectivity index (χ1v) is 8.95. The Bertz CT molecular complexity index is 759. The Morgan fingerprint density at radius 3 is 2.78 bits per heavy atom. The highest BCUT2D eigenvalue weighted by Gasteiger charge is 2.12. The van der Waals surface area contributed by atoms with E-state index in [0.29, 0.717) is 18.2 Å². The lowest BCUT2D eigenvalue weighted by molar-refractivity contribution is 0.347. The largest absolute Gasteiger partial charge is 0.490 e. The number of fused-ring (bicyclic) bond motifs is 1. The summed E-state index contributed by atoms with van der Waals surface area (Å²) >= 11 is 1.75. The SMILES string of the molecule is CC.CSCCOc1cccc2c1nnn2-c1ccnc(C)n1. The van der Waals surface area contributed by atoms with Gasteiger partial charge in [0.05, 0.1) is 6.61 Å². The van der Waals surface area contributed by atoms with Gasteiger partial charge in [-0.15, -0.1) is 5.10 Å². The number of hydrogen-bond acceptors (Lipinski definition) is 6. The normalized spacial score (nSPS) is 10.3. The van der Waals surface area contributed by atoms with Gasteiger partial charge in [-0.1, -0.05) is 25.1 Å². The van der Waals surface area contributed by atoms with Crippen molar-refractivity contribution in [2.75, 3.05) is 18.6 Å². The quantitative estimate of drug-likeness (QED) is 0.668. The van der Waals surface area contributed by atoms with Crippen LogP contribution in [0.2, 0.25) is 0 Å². The van der Waals surface area contributed by atoms with E-state index < -0.39 is 0 Å². The average Bonchev–Trinajstić information content (AvgIpc) is 3.02. The molecule has 122 valence electrons. The summed E-state index contributed by atoms with van der Waals surface area (Å²) in [6.07, 6.45) is 3.77. The van der Waals surface area contributed by atoms with Crippen molar-refractivity contribution in [3.05, 3.63) is 36.3 Å². The van der Waals surface area contributed by atoms with Crippen LogP contribution in [-0.4, -0.2) is 43.6 Å². The van der Waals surface area contributed by atoms with E-state index in [1.54, 1.807) is 22.6 Å². The molecule has 0 amide bonds. The van der Waals surface area contributed by atoms with Crippen molar-refractivity contribution in [1.82, 2.24) is 25.0 Å². The van der Waals surface area contributed by atoms with Crippen LogP contribution in [0.15, 0.2) is 30.5 Å². The lowest BCUT2D eigenvalue weighted by Crippen LogP contribution is -2.02. The number of rotatable bonds is 5. The van der Waals surface area contributed by atoms with Crippen molar-refractivity contribution in [2.24, 2.45) is 0 Å². The molecule has 0 aliphatic heterocycles. The van der Waals surface area contributed by atoms with Gasteiger partial charge in [-0.2, -0.15) is 16.4 Å². The third-order valence-electron chi connectivity index (χ3n) is 2.96. The Hall–Kier alpha value is -2.15. The van der Waals surface area contributed by atoms with Crippen LogP contribution in [0.3, 0.4) is 0 Å². The molecule has 0 bridgehead atoms. The highest BCUT2D eigenvalue weighted by atomic mass is 32.2. The van der Waals surface area contributed by atoms with E-state index in [1.807, 2.05) is 45.0 Å². The van der Waals surface area contributed by atoms with Crippen molar-refractivity contribution in [3.63, 3.8) is 0 Å². The second kappa shape index (κ2) is 8.47. The zero-order chi connectivity index (χ0) is 16.7. The molecule has 0 spiro atoms. The molecule has 0 aliphatic carbocycles. The van der Waals surface area contributed by atoms with Gasteiger partial charge >= 0.3 is 0 Å². The van der Waals surface area contributed by atoms with E-state index in [9.17, 15) is 0 Å². The Labute approximate surface area is 140 Å². The molecule has 0 saturated carbocycles. The number of ether oxygens (including phenoxy) is 1. The average molecular weight is 331 g/mol. The number of aryl methyl sites for hydroxylation is 1. The third kappa shape index (κ3) is 3.98. The Morgan fingerprint density at radius 1 is 1.22 bits per heavy atom. The van der Waals surface area contributed by atoms with Gasteiger partial charge in [-0.05, 0) is 25.3 Å². The monoisotopic (exact) mass is 331 g/mol. The van der Waals surface area contributed by atoms with Crippen molar-refractivity contribution < 1.29 is 4.74 Å². The van der Waals surface area contributed by atoms with Gasteiger partial charge in [-0.25, -0.2) is 9.97 Å². The number of nitrogens with zero attached hydrogens (tertiary/aromatic N) is 5. The summed E-state index contributed by atoms with van der Waals surface area (Å²) in [5.41, 5.74) is 1.62. The number of thioether (sulfide) groups is 1. The van der Waals surface area contributed by atoms with Gasteiger partial charge < -0.3 is 4.74 Å². The highest BCUT2D eigenvalue weighted by Crippen LogP contribution is 2.24. The summed E-state index contributed by atoms with van der Waals surface area (Å²) in [4.78, 5) is 8.47. The van der Waals surface area contributed by atoms with Gasteiger partial charge in [0, 0.05) is 18.0 Å². The standard InChI is InChI=1S/C14H15N5OS.C2H6/c1-10-15-7-6-13(16-10)19-11-4-3-5-12(14(11)17-18-19)20-8-9-21-2;1-2/h3-7H,8-9H2,1-2H3;1-2H3. The van der Waals surface area contributed by atoms with Crippen LogP contribution in [0.1, 0.15) is 19.7 Å². The second-order valence-corrected chi connectivity index (χ2v) is 5.41. The molecule has 3 rings (SSSR count). The zero-order valence-electron chi connectivity index (χ0n) is 13.9. The van der Waals surface area contributed by atoms with Crippen molar-refractivity contribution in [1.29, 1.82) is 0 Å². The summed E-state index contributed by atoms with van der Waals surface area (Å²) in [5.74, 6) is 3.09. The molecule has 2 aromatic heterocycles. The van der Waals surface area contributed by atoms with Crippen LogP contribution in [0.4, 0.5) is 0 Å². The van der Waals surface area contributed by atoms with E-state index in [-0.39, 0.29) is 0 Å². The molecule has 0 radical (unpaired) electrons. The fourth-order valence-electron chi connectivity index (χ4n) is 2.00. The summed E-state index contributed by atoms with van der Waals surface area (Å²) in [5, 5.41) is 8.41. The summed E-state index contributed by atoms with van der Waals surface area (Å²) < 4.78 is 7.46. The maximum absolute atomic E-state index is 5.76. The van der Waals surface area contributed by atoms with Gasteiger partial charge in [0.15, 0.2) is 11.3 Å². The third-order valence-corrected chi connectivity index (χ3v) is 3.54. The topological polar surface area (TPSA) is 65.7 Å². The van der Waals surface area contributed by atoms with Crippen molar-refractivity contribution >= 4 is 22.8 Å². The maximum atomic E-state index is 5.76. The molecule has 0 fully saturated rings. The van der Waals surface area contributed by atoms with Crippen LogP contribution in [0, 0.1) is 6.92 Å². The minimum Gasteiger partial charge on any atom is -0.490 e. The number of hydrogen-bond donors (Lipinski definition) is 0. The van der Waals surface area contributed by atoms with Crippen LogP contribution in [0.5, 0.6) is 5.75 Å². The highest BCUT2D eigenvalue weighted by molar-refractivity contribution is 7.98. The second-order valence-electron chi connectivity index (χ2n) is 4.43. The lowest BCUT2D eigenvalue weighted by atomic mass is 10.3. The Balaban J connectivity index is 0.000000924. The van der Waals surface area contributed by atoms with Gasteiger partial charge in [-0.3, -0.25) is 0 Å². The molecule has 6 nitrogen and oxygen atoms in total. The van der Waals surface area contributed by atoms with Crippen LogP contribution >= 0.6 is 11.8 Å². The van der Waals surface area contributed by atoms with E-state index in [1.165, 1.54) is 0 Å². The predicted molar refractivity (Wildman–Crippen MR) is 94.4 cm³/mol. The van der Waals surface area contributed by atoms with Crippen LogP contribution in [-0.2, 0) is 0 Å². The summed E-state index contributed by atoms with van der Waals surface area (Å²) in [6, 6.07) is 7.61. The predicted octanol–water partition coefficient (Wildman–Crippen LogP) is 3.29. The number of benzene rings is 1.